The molecule has 2 aromatic rings. The first-order valence-electron chi connectivity index (χ1n) is 6.97. The summed E-state index contributed by atoms with van der Waals surface area (Å²) in [6.45, 7) is 1.57. The Hall–Kier alpha value is -3.48. The maximum absolute atomic E-state index is 11.8. The zero-order valence-corrected chi connectivity index (χ0v) is 12.9. The van der Waals surface area contributed by atoms with Gasteiger partial charge in [-0.05, 0) is 41.8 Å². The van der Waals surface area contributed by atoms with Crippen LogP contribution in [-0.4, -0.2) is 27.2 Å². The fourth-order valence-electron chi connectivity index (χ4n) is 2.17. The zero-order valence-electron chi connectivity index (χ0n) is 12.9. The van der Waals surface area contributed by atoms with Gasteiger partial charge in [0, 0.05) is 5.57 Å². The van der Waals surface area contributed by atoms with E-state index in [1.807, 2.05) is 0 Å². The van der Waals surface area contributed by atoms with Gasteiger partial charge in [0.2, 0.25) is 0 Å². The molecule has 2 aromatic carbocycles. The van der Waals surface area contributed by atoms with Crippen molar-refractivity contribution >= 4 is 17.9 Å². The number of hydrogen-bond donors (Lipinski definition) is 6. The lowest BCUT2D eigenvalue weighted by atomic mass is 9.97. The van der Waals surface area contributed by atoms with E-state index in [9.17, 15) is 20.1 Å². The lowest BCUT2D eigenvalue weighted by molar-refractivity contribution is -0.116. The van der Waals surface area contributed by atoms with Gasteiger partial charge in [0.05, 0.1) is 0 Å². The van der Waals surface area contributed by atoms with Crippen LogP contribution in [-0.2, 0) is 4.79 Å². The van der Waals surface area contributed by atoms with Crippen LogP contribution < -0.4 is 11.1 Å². The highest BCUT2D eigenvalue weighted by Crippen LogP contribution is 2.39. The summed E-state index contributed by atoms with van der Waals surface area (Å²) in [6, 6.07) is 9.65. The number of rotatable bonds is 3. The van der Waals surface area contributed by atoms with E-state index < -0.39 is 29.1 Å². The Balaban J connectivity index is 2.49. The number of nitrogens with one attached hydrogen (secondary N) is 2. The second-order valence-corrected chi connectivity index (χ2v) is 5.15. The molecule has 0 saturated carbocycles. The normalized spacial score (nSPS) is 11.1. The van der Waals surface area contributed by atoms with Gasteiger partial charge in [-0.25, -0.2) is 0 Å². The number of hydrogen-bond acceptors (Lipinski definition) is 5. The Bertz CT molecular complexity index is 820. The van der Waals surface area contributed by atoms with Gasteiger partial charge in [-0.3, -0.25) is 15.5 Å². The van der Waals surface area contributed by atoms with E-state index in [1.165, 1.54) is 12.1 Å². The molecule has 2 rings (SSSR count). The number of carbonyl (C=O) groups is 1. The molecule has 7 nitrogen and oxygen atoms in total. The van der Waals surface area contributed by atoms with Crippen LogP contribution in [0.15, 0.2) is 42.0 Å². The van der Waals surface area contributed by atoms with E-state index in [-0.39, 0.29) is 0 Å². The molecule has 0 aromatic heterocycles. The number of benzene rings is 2. The van der Waals surface area contributed by atoms with Gasteiger partial charge in [0.25, 0.3) is 5.91 Å². The topological polar surface area (TPSA) is 140 Å². The molecule has 24 heavy (non-hydrogen) atoms. The predicted octanol–water partition coefficient (Wildman–Crippen LogP) is 1.88. The van der Waals surface area contributed by atoms with Crippen molar-refractivity contribution in [1.29, 1.82) is 5.41 Å². The molecule has 0 heterocycles. The minimum Gasteiger partial charge on any atom is -0.504 e. The van der Waals surface area contributed by atoms with Crippen LogP contribution in [0.3, 0.4) is 0 Å². The average Bonchev–Trinajstić information content (AvgIpc) is 2.52. The largest absolute Gasteiger partial charge is 0.504 e. The third-order valence-electron chi connectivity index (χ3n) is 3.32. The highest BCUT2D eigenvalue weighted by molar-refractivity contribution is 6.06. The fraction of sp³-hybridized carbons (Fsp3) is 0.0588. The fourth-order valence-corrected chi connectivity index (χ4v) is 2.17. The second-order valence-electron chi connectivity index (χ2n) is 5.15. The van der Waals surface area contributed by atoms with E-state index >= 15 is 0 Å². The highest BCUT2D eigenvalue weighted by Gasteiger charge is 2.12. The van der Waals surface area contributed by atoms with Gasteiger partial charge < -0.3 is 21.1 Å². The van der Waals surface area contributed by atoms with E-state index in [0.717, 1.165) is 0 Å². The molecule has 0 atom stereocenters. The summed E-state index contributed by atoms with van der Waals surface area (Å²) in [6.07, 6.45) is 1.59. The lowest BCUT2D eigenvalue weighted by Gasteiger charge is -2.10. The summed E-state index contributed by atoms with van der Waals surface area (Å²) < 4.78 is 0. The van der Waals surface area contributed by atoms with Crippen molar-refractivity contribution in [1.82, 2.24) is 5.32 Å². The molecule has 0 fully saturated rings. The molecule has 0 saturated heterocycles. The minimum atomic E-state index is -0.594. The first kappa shape index (κ1) is 16.9. The molecule has 7 N–H and O–H groups in total. The third-order valence-corrected chi connectivity index (χ3v) is 3.32. The number of phenolic OH excluding ortho intramolecular Hbond substituents is 3. The van der Waals surface area contributed by atoms with Crippen LogP contribution in [0.2, 0.25) is 0 Å². The van der Waals surface area contributed by atoms with Gasteiger partial charge in [-0.1, -0.05) is 24.3 Å². The van der Waals surface area contributed by atoms with Crippen molar-refractivity contribution in [3.63, 3.8) is 0 Å². The van der Waals surface area contributed by atoms with Crippen LogP contribution in [0, 0.1) is 5.41 Å². The van der Waals surface area contributed by atoms with E-state index in [4.69, 9.17) is 11.1 Å². The first-order chi connectivity index (χ1) is 11.3. The first-order valence-corrected chi connectivity index (χ1v) is 6.97. The molecule has 0 spiro atoms. The molecule has 0 radical (unpaired) electrons. The van der Waals surface area contributed by atoms with Crippen molar-refractivity contribution in [3.05, 3.63) is 47.5 Å². The summed E-state index contributed by atoms with van der Waals surface area (Å²) in [7, 11) is 0. The zero-order chi connectivity index (χ0) is 17.9. The Morgan fingerprint density at radius 1 is 1.17 bits per heavy atom. The Kier molecular flexibility index (Phi) is 4.74. The van der Waals surface area contributed by atoms with Gasteiger partial charge >= 0.3 is 0 Å². The number of nitrogens with two attached hydrogens (primary N) is 1. The van der Waals surface area contributed by atoms with Crippen LogP contribution >= 0.6 is 0 Å². The standard InChI is InChI=1S/C17H17N3O4/c1-9(16(24)20-17(18)19)6-10-4-2-3-5-12(10)11-7-13(21)15(23)14(22)8-11/h2-8,21-23H,1H3,(H4,18,19,20,24)/b9-6+. The second kappa shape index (κ2) is 6.74. The summed E-state index contributed by atoms with van der Waals surface area (Å²) in [5.41, 5.74) is 7.22. The third kappa shape index (κ3) is 3.64. The molecule has 0 aliphatic heterocycles. The smallest absolute Gasteiger partial charge is 0.253 e. The molecule has 0 unspecified atom stereocenters. The number of aromatic hydroxyl groups is 3. The summed E-state index contributed by atoms with van der Waals surface area (Å²) in [4.78, 5) is 11.8. The van der Waals surface area contributed by atoms with Crippen molar-refractivity contribution in [2.45, 2.75) is 6.92 Å². The SMILES string of the molecule is C/C(=C\c1ccccc1-c1cc(O)c(O)c(O)c1)C(=O)NC(=N)N. The van der Waals surface area contributed by atoms with Crippen molar-refractivity contribution in [2.75, 3.05) is 0 Å². The summed E-state index contributed by atoms with van der Waals surface area (Å²) in [5.74, 6) is -2.45. The molecular weight excluding hydrogens is 310 g/mol. The van der Waals surface area contributed by atoms with Crippen LogP contribution in [0.1, 0.15) is 12.5 Å². The average molecular weight is 327 g/mol. The molecule has 124 valence electrons. The maximum Gasteiger partial charge on any atom is 0.253 e. The van der Waals surface area contributed by atoms with E-state index in [1.54, 1.807) is 37.3 Å². The van der Waals surface area contributed by atoms with Crippen LogP contribution in [0.25, 0.3) is 17.2 Å². The van der Waals surface area contributed by atoms with Gasteiger partial charge in [-0.15, -0.1) is 0 Å². The molecule has 0 aliphatic rings. The maximum atomic E-state index is 11.8. The van der Waals surface area contributed by atoms with Crippen LogP contribution in [0.5, 0.6) is 17.2 Å². The monoisotopic (exact) mass is 327 g/mol. The lowest BCUT2D eigenvalue weighted by Crippen LogP contribution is -2.36. The molecule has 7 heteroatoms. The summed E-state index contributed by atoms with van der Waals surface area (Å²) in [5, 5.41) is 38.1. The Labute approximate surface area is 138 Å². The number of amides is 1. The summed E-state index contributed by atoms with van der Waals surface area (Å²) >= 11 is 0. The number of phenols is 3. The van der Waals surface area contributed by atoms with Gasteiger partial charge in [0.1, 0.15) is 0 Å². The predicted molar refractivity (Wildman–Crippen MR) is 90.6 cm³/mol. The van der Waals surface area contributed by atoms with Crippen molar-refractivity contribution in [3.8, 4) is 28.4 Å². The molecule has 0 aliphatic carbocycles. The van der Waals surface area contributed by atoms with Crippen LogP contribution in [0.4, 0.5) is 0 Å². The van der Waals surface area contributed by atoms with Crippen molar-refractivity contribution < 1.29 is 20.1 Å². The van der Waals surface area contributed by atoms with E-state index in [0.29, 0.717) is 22.3 Å². The van der Waals surface area contributed by atoms with E-state index in [2.05, 4.69) is 5.32 Å². The Morgan fingerprint density at radius 3 is 2.33 bits per heavy atom. The van der Waals surface area contributed by atoms with Gasteiger partial charge in [0.15, 0.2) is 23.2 Å². The van der Waals surface area contributed by atoms with Crippen molar-refractivity contribution in [2.24, 2.45) is 5.73 Å². The molecule has 0 bridgehead atoms. The Morgan fingerprint density at radius 2 is 1.75 bits per heavy atom. The number of guanidine groups is 1. The van der Waals surface area contributed by atoms with Gasteiger partial charge in [-0.2, -0.15) is 0 Å². The molecule has 1 amide bonds. The minimum absolute atomic E-state index is 0.324. The number of carbonyl (C=O) groups excluding carboxylic acids is 1. The quantitative estimate of drug-likeness (QED) is 0.221. The molecular formula is C17H17N3O4. The highest BCUT2D eigenvalue weighted by atomic mass is 16.3.